The lowest BCUT2D eigenvalue weighted by Crippen LogP contribution is -2.64. The van der Waals surface area contributed by atoms with Crippen LogP contribution in [0, 0.1) is 35.5 Å². The number of carbonyl (C=O) groups excluding carboxylic acids is 2. The van der Waals surface area contributed by atoms with Crippen molar-refractivity contribution < 1.29 is 71.2 Å². The maximum absolute atomic E-state index is 13.9. The number of nitrogens with zero attached hydrogens (tertiary/aromatic N) is 9. The number of hydrogen-bond acceptors (Lipinski definition) is 18. The zero-order valence-corrected chi connectivity index (χ0v) is 46.5. The molecular formula is C53H81N9O15. The van der Waals surface area contributed by atoms with Crippen LogP contribution in [0.3, 0.4) is 0 Å². The number of rotatable bonds is 20. The van der Waals surface area contributed by atoms with E-state index in [1.807, 2.05) is 62.3 Å². The van der Waals surface area contributed by atoms with Crippen LogP contribution in [0.2, 0.25) is 0 Å². The van der Waals surface area contributed by atoms with Crippen LogP contribution in [0.5, 0.6) is 0 Å². The highest BCUT2D eigenvalue weighted by Gasteiger charge is 2.56. The molecule has 0 saturated carbocycles. The molecule has 77 heavy (non-hydrogen) atoms. The zero-order chi connectivity index (χ0) is 55.7. The molecule has 0 spiro atoms. The van der Waals surface area contributed by atoms with E-state index < -0.39 is 147 Å². The molecule has 0 bridgehead atoms. The second-order valence-electron chi connectivity index (χ2n) is 21.6. The largest absolute Gasteiger partial charge is 0.453 e. The van der Waals surface area contributed by atoms with Gasteiger partial charge in [-0.1, -0.05) is 95.9 Å². The number of methoxy groups -OCH3 is 1. The highest BCUT2D eigenvalue weighted by molar-refractivity contribution is 5.89. The van der Waals surface area contributed by atoms with Crippen molar-refractivity contribution in [3.8, 4) is 0 Å². The first kappa shape index (κ1) is 60.5. The lowest BCUT2D eigenvalue weighted by atomic mass is 9.81. The number of azide groups is 3. The summed E-state index contributed by atoms with van der Waals surface area (Å²) in [5, 5.41) is 12.4. The van der Waals surface area contributed by atoms with Crippen molar-refractivity contribution in [3.05, 3.63) is 67.2 Å². The van der Waals surface area contributed by atoms with Crippen LogP contribution in [-0.4, -0.2) is 148 Å². The van der Waals surface area contributed by atoms with E-state index in [4.69, 9.17) is 61.6 Å². The molecule has 1 aromatic carbocycles. The van der Waals surface area contributed by atoms with Crippen molar-refractivity contribution in [2.75, 3.05) is 13.7 Å². The van der Waals surface area contributed by atoms with Crippen LogP contribution >= 0.6 is 0 Å². The molecule has 26 atom stereocenters. The molecule has 6 heterocycles. The van der Waals surface area contributed by atoms with Crippen molar-refractivity contribution in [1.82, 2.24) is 0 Å². The minimum absolute atomic E-state index is 0.0741. The SMILES string of the molecule is CCC1O[C@H](O[C@@H]2C(C)O[C@H](O[C@@H]3C(CC)O[C@H](OC)[C@@H](N=[N+]=[N-])C3C)[C@@H](OC(=O)c3ccccc3)C2C)[C@@H](N=[N+]=[N-])C(C)[C@@H]1O[C@@H]1O[C@@H](C(C)=O)[C@@H](O[C@H]2O[C@@H](CC)[C@@H](C)C(C)[C@@H]2N=[N+]=[N-])C(C)[C@@H]1OC1CCCCO1. The molecule has 6 fully saturated rings. The van der Waals surface area contributed by atoms with Gasteiger partial charge in [-0.3, -0.25) is 4.79 Å². The lowest BCUT2D eigenvalue weighted by Gasteiger charge is -2.52. The van der Waals surface area contributed by atoms with Crippen LogP contribution in [0.15, 0.2) is 45.7 Å². The van der Waals surface area contributed by atoms with Gasteiger partial charge < -0.3 is 61.6 Å². The van der Waals surface area contributed by atoms with Gasteiger partial charge in [0.1, 0.15) is 12.2 Å². The zero-order valence-electron chi connectivity index (χ0n) is 46.5. The molecule has 428 valence electrons. The summed E-state index contributed by atoms with van der Waals surface area (Å²) in [6, 6.07) is 6.16. The van der Waals surface area contributed by atoms with E-state index in [0.29, 0.717) is 37.9 Å². The van der Waals surface area contributed by atoms with Gasteiger partial charge in [0.2, 0.25) is 0 Å². The van der Waals surface area contributed by atoms with Gasteiger partial charge in [-0.15, -0.1) is 0 Å². The predicted octanol–water partition coefficient (Wildman–Crippen LogP) is 9.63. The summed E-state index contributed by atoms with van der Waals surface area (Å²) in [5.74, 6) is -3.14. The van der Waals surface area contributed by atoms with Crippen molar-refractivity contribution >= 4 is 11.8 Å². The highest BCUT2D eigenvalue weighted by atomic mass is 16.8. The van der Waals surface area contributed by atoms with E-state index in [1.54, 1.807) is 30.3 Å². The monoisotopic (exact) mass is 1080 g/mol. The topological polar surface area (TPSA) is 300 Å². The van der Waals surface area contributed by atoms with E-state index in [9.17, 15) is 26.2 Å². The molecule has 0 aromatic heterocycles. The normalized spacial score (nSPS) is 43.4. The minimum Gasteiger partial charge on any atom is -0.453 e. The maximum atomic E-state index is 13.9. The average molecular weight is 1080 g/mol. The Kier molecular flexibility index (Phi) is 21.8. The fraction of sp³-hybridized carbons (Fsp3) is 0.849. The van der Waals surface area contributed by atoms with Crippen LogP contribution < -0.4 is 0 Å². The fourth-order valence-corrected chi connectivity index (χ4v) is 12.1. The maximum Gasteiger partial charge on any atom is 0.338 e. The number of hydrogen-bond donors (Lipinski definition) is 0. The van der Waals surface area contributed by atoms with Crippen LogP contribution in [0.25, 0.3) is 31.3 Å². The number of ketones is 1. The number of ether oxygens (including phenoxy) is 13. The number of Topliss-reactive ketones (excluding diaryl/α,β-unsaturated/α-hetero) is 1. The van der Waals surface area contributed by atoms with E-state index >= 15 is 0 Å². The number of benzene rings is 1. The van der Waals surface area contributed by atoms with Crippen LogP contribution in [0.4, 0.5) is 0 Å². The Bertz CT molecular complexity index is 2240. The van der Waals surface area contributed by atoms with Gasteiger partial charge >= 0.3 is 5.97 Å². The molecular weight excluding hydrogens is 1000 g/mol. The second-order valence-corrected chi connectivity index (χ2v) is 21.6. The molecule has 6 saturated heterocycles. The lowest BCUT2D eigenvalue weighted by molar-refractivity contribution is -0.370. The molecule has 24 heteroatoms. The van der Waals surface area contributed by atoms with E-state index in [-0.39, 0.29) is 23.7 Å². The van der Waals surface area contributed by atoms with E-state index in [1.165, 1.54) is 14.0 Å². The molecule has 9 unspecified atom stereocenters. The molecule has 24 nitrogen and oxygen atoms in total. The predicted molar refractivity (Wildman–Crippen MR) is 275 cm³/mol. The quantitative estimate of drug-likeness (QED) is 0.0508. The summed E-state index contributed by atoms with van der Waals surface area (Å²) >= 11 is 0. The van der Waals surface area contributed by atoms with Gasteiger partial charge in [0, 0.05) is 40.3 Å². The van der Waals surface area contributed by atoms with E-state index in [2.05, 4.69) is 37.0 Å². The van der Waals surface area contributed by atoms with E-state index in [0.717, 1.165) is 12.8 Å². The Morgan fingerprint density at radius 1 is 0.558 bits per heavy atom. The molecule has 6 aliphatic rings. The van der Waals surface area contributed by atoms with Gasteiger partial charge in [-0.25, -0.2) is 4.79 Å². The molecule has 0 radical (unpaired) electrons. The standard InChI is InChI=1S/C53H81N9O15/c1-13-34-25(4)26(5)38(57-60-54)50(68-34)76-44-30(9)45(71-37-23-19-20-24-66-37)53(77-47(44)31(10)63)75-43-28(7)40(59-62-56)51(70-36(43)15-3)73-41-29(8)46(72-48(64)33-21-17-16-18-22-33)52(67-32(41)11)74-42-27(6)39(58-61-55)49(65-12)69-35(42)14-2/h16-18,21-22,25-30,32,34-47,49-53H,13-15,19-20,23-24H2,1-12H3/t25-,26?,27?,28?,29?,30?,32?,34-,35?,36?,37?,38-,39-,40-,41-,42-,43-,44-,45-,46-,47-,49-,50+,51+,52+,53+/m0/s1. The minimum atomic E-state index is -1.17. The third-order valence-electron chi connectivity index (χ3n) is 16.8. The summed E-state index contributed by atoms with van der Waals surface area (Å²) in [4.78, 5) is 37.1. The summed E-state index contributed by atoms with van der Waals surface area (Å²) in [5.41, 5.74) is 29.6. The second kappa shape index (κ2) is 27.8. The average Bonchev–Trinajstić information content (AvgIpc) is 3.45. The Hall–Kier alpha value is -4.19. The third-order valence-corrected chi connectivity index (χ3v) is 16.8. The molecule has 1 aromatic rings. The first-order valence-electron chi connectivity index (χ1n) is 27.6. The van der Waals surface area contributed by atoms with Crippen molar-refractivity contribution in [1.29, 1.82) is 0 Å². The van der Waals surface area contributed by atoms with Gasteiger partial charge in [0.25, 0.3) is 0 Å². The molecule has 0 amide bonds. The summed E-state index contributed by atoms with van der Waals surface area (Å²) in [7, 11) is 1.48. The Morgan fingerprint density at radius 3 is 1.60 bits per heavy atom. The summed E-state index contributed by atoms with van der Waals surface area (Å²) in [6.45, 7) is 21.2. The Morgan fingerprint density at radius 2 is 1.06 bits per heavy atom. The van der Waals surface area contributed by atoms with Crippen LogP contribution in [-0.2, 0) is 66.4 Å². The first-order chi connectivity index (χ1) is 37.0. The number of esters is 1. The van der Waals surface area contributed by atoms with Gasteiger partial charge in [0.15, 0.2) is 49.6 Å². The third kappa shape index (κ3) is 13.5. The Labute approximate surface area is 451 Å². The fourth-order valence-electron chi connectivity index (χ4n) is 12.1. The number of carbonyl (C=O) groups is 2. The summed E-state index contributed by atoms with van der Waals surface area (Å²) in [6.07, 6.45) is -10.2. The Balaban J connectivity index is 1.15. The molecule has 6 aliphatic heterocycles. The highest BCUT2D eigenvalue weighted by Crippen LogP contribution is 2.44. The van der Waals surface area contributed by atoms with Gasteiger partial charge in [-0.2, -0.15) is 0 Å². The molecule has 0 aliphatic carbocycles. The molecule has 7 rings (SSSR count). The van der Waals surface area contributed by atoms with Gasteiger partial charge in [0.05, 0.1) is 72.5 Å². The first-order valence-corrected chi connectivity index (χ1v) is 27.6. The van der Waals surface area contributed by atoms with Gasteiger partial charge in [-0.05, 0) is 105 Å². The van der Waals surface area contributed by atoms with Crippen molar-refractivity contribution in [3.63, 3.8) is 0 Å². The molecule has 0 N–H and O–H groups in total. The van der Waals surface area contributed by atoms with Crippen molar-refractivity contribution in [2.24, 2.45) is 50.9 Å². The van der Waals surface area contributed by atoms with Crippen molar-refractivity contribution in [2.45, 2.75) is 238 Å². The smallest absolute Gasteiger partial charge is 0.338 e. The van der Waals surface area contributed by atoms with Crippen LogP contribution in [0.1, 0.15) is 125 Å². The summed E-state index contributed by atoms with van der Waals surface area (Å²) < 4.78 is 85.1.